The Hall–Kier alpha value is -1.77. The Balaban J connectivity index is 2.19. The molecular weight excluding hydrogens is 311 g/mol. The number of nitrogens with zero attached hydrogens (tertiary/aromatic N) is 1. The van der Waals surface area contributed by atoms with Gasteiger partial charge >= 0.3 is 0 Å². The zero-order valence-corrected chi connectivity index (χ0v) is 13.2. The molecule has 0 bridgehead atoms. The number of sulfonamides is 1. The van der Waals surface area contributed by atoms with E-state index in [1.165, 1.54) is 45.0 Å². The average Bonchev–Trinajstić information content (AvgIpc) is 2.77. The summed E-state index contributed by atoms with van der Waals surface area (Å²) in [4.78, 5) is -0.0394. The number of benzene rings is 1. The van der Waals surface area contributed by atoms with E-state index in [2.05, 4.69) is 9.88 Å². The molecule has 120 valence electrons. The summed E-state index contributed by atoms with van der Waals surface area (Å²) in [5.74, 6) is -0.262. The molecule has 1 unspecified atom stereocenters. The first kappa shape index (κ1) is 16.6. The Morgan fingerprint density at radius 2 is 1.91 bits per heavy atom. The lowest BCUT2D eigenvalue weighted by molar-refractivity contribution is 0.0627. The molecule has 0 spiro atoms. The van der Waals surface area contributed by atoms with Crippen LogP contribution in [0.1, 0.15) is 23.9 Å². The highest BCUT2D eigenvalue weighted by molar-refractivity contribution is 7.89. The van der Waals surface area contributed by atoms with Crippen LogP contribution in [0, 0.1) is 19.7 Å². The second-order valence-electron chi connectivity index (χ2n) is 5.26. The lowest BCUT2D eigenvalue weighted by atomic mass is 9.96. The molecule has 2 aromatic rings. The van der Waals surface area contributed by atoms with E-state index in [9.17, 15) is 17.9 Å². The van der Waals surface area contributed by atoms with E-state index in [-0.39, 0.29) is 22.9 Å². The predicted octanol–water partition coefficient (Wildman–Crippen LogP) is 1.62. The molecule has 0 saturated heterocycles. The molecule has 0 aliphatic heterocycles. The highest BCUT2D eigenvalue weighted by Gasteiger charge is 2.29. The second-order valence-corrected chi connectivity index (χ2v) is 6.96. The lowest BCUT2D eigenvalue weighted by Gasteiger charge is -2.24. The minimum Gasteiger partial charge on any atom is -0.384 e. The van der Waals surface area contributed by atoms with Crippen molar-refractivity contribution in [1.82, 2.24) is 9.88 Å². The summed E-state index contributed by atoms with van der Waals surface area (Å²) in [5.41, 5.74) is -0.846. The van der Waals surface area contributed by atoms with Crippen molar-refractivity contribution in [2.75, 3.05) is 6.54 Å². The number of halogens is 1. The SMILES string of the molecule is Cc1noc(C)c1S(=O)(=O)NCC(C)(O)c1ccc(F)cc1. The molecule has 2 rings (SSSR count). The van der Waals surface area contributed by atoms with Gasteiger partial charge < -0.3 is 9.63 Å². The fourth-order valence-corrected chi connectivity index (χ4v) is 3.53. The molecule has 0 radical (unpaired) electrons. The summed E-state index contributed by atoms with van der Waals surface area (Å²) in [5, 5.41) is 14.0. The summed E-state index contributed by atoms with van der Waals surface area (Å²) in [6.45, 7) is 4.18. The maximum atomic E-state index is 12.9. The predicted molar refractivity (Wildman–Crippen MR) is 77.1 cm³/mol. The van der Waals surface area contributed by atoms with Crippen LogP contribution in [0.4, 0.5) is 4.39 Å². The third-order valence-corrected chi connectivity index (χ3v) is 4.95. The topological polar surface area (TPSA) is 92.4 Å². The van der Waals surface area contributed by atoms with Gasteiger partial charge in [-0.1, -0.05) is 17.3 Å². The highest BCUT2D eigenvalue weighted by atomic mass is 32.2. The third-order valence-electron chi connectivity index (χ3n) is 3.31. The monoisotopic (exact) mass is 328 g/mol. The molecule has 0 saturated carbocycles. The Morgan fingerprint density at radius 1 is 1.32 bits per heavy atom. The first-order valence-corrected chi connectivity index (χ1v) is 8.03. The lowest BCUT2D eigenvalue weighted by Crippen LogP contribution is -2.38. The van der Waals surface area contributed by atoms with Crippen molar-refractivity contribution < 1.29 is 22.4 Å². The van der Waals surface area contributed by atoms with Crippen molar-refractivity contribution >= 4 is 10.0 Å². The molecule has 0 amide bonds. The molecule has 22 heavy (non-hydrogen) atoms. The van der Waals surface area contributed by atoms with Gasteiger partial charge in [-0.3, -0.25) is 0 Å². The van der Waals surface area contributed by atoms with Gasteiger partial charge in [0.2, 0.25) is 10.0 Å². The van der Waals surface area contributed by atoms with Crippen LogP contribution in [0.5, 0.6) is 0 Å². The number of rotatable bonds is 5. The van der Waals surface area contributed by atoms with Crippen LogP contribution in [0.15, 0.2) is 33.7 Å². The number of aliphatic hydroxyl groups is 1. The third kappa shape index (κ3) is 3.34. The van der Waals surface area contributed by atoms with Crippen molar-refractivity contribution in [3.63, 3.8) is 0 Å². The van der Waals surface area contributed by atoms with Crippen LogP contribution in [0.3, 0.4) is 0 Å². The standard InChI is InChI=1S/C14H17FN2O4S/c1-9-13(10(2)21-17-9)22(19,20)16-8-14(3,18)11-4-6-12(15)7-5-11/h4-7,16,18H,8H2,1-3H3. The van der Waals surface area contributed by atoms with Crippen molar-refractivity contribution in [3.8, 4) is 0 Å². The largest absolute Gasteiger partial charge is 0.384 e. The van der Waals surface area contributed by atoms with Gasteiger partial charge in [-0.15, -0.1) is 0 Å². The van der Waals surface area contributed by atoms with E-state index in [4.69, 9.17) is 4.52 Å². The van der Waals surface area contributed by atoms with Gasteiger partial charge in [-0.05, 0) is 38.5 Å². The fourth-order valence-electron chi connectivity index (χ4n) is 2.08. The smallest absolute Gasteiger partial charge is 0.246 e. The fraction of sp³-hybridized carbons (Fsp3) is 0.357. The molecule has 8 heteroatoms. The summed E-state index contributed by atoms with van der Waals surface area (Å²) in [6.07, 6.45) is 0. The maximum absolute atomic E-state index is 12.9. The van der Waals surface area contributed by atoms with E-state index < -0.39 is 21.4 Å². The zero-order valence-electron chi connectivity index (χ0n) is 12.4. The van der Waals surface area contributed by atoms with Gasteiger partial charge in [0.1, 0.15) is 22.0 Å². The molecule has 2 N–H and O–H groups in total. The van der Waals surface area contributed by atoms with Gasteiger partial charge in [0, 0.05) is 6.54 Å². The second kappa shape index (κ2) is 5.79. The van der Waals surface area contributed by atoms with E-state index in [0.29, 0.717) is 5.56 Å². The summed E-state index contributed by atoms with van der Waals surface area (Å²) >= 11 is 0. The summed E-state index contributed by atoms with van der Waals surface area (Å²) in [6, 6.07) is 5.21. The van der Waals surface area contributed by atoms with E-state index >= 15 is 0 Å². The molecule has 1 heterocycles. The first-order valence-electron chi connectivity index (χ1n) is 6.54. The average molecular weight is 328 g/mol. The van der Waals surface area contributed by atoms with Crippen molar-refractivity contribution in [3.05, 3.63) is 47.1 Å². The van der Waals surface area contributed by atoms with Gasteiger partial charge in [-0.2, -0.15) is 0 Å². The normalized spacial score (nSPS) is 14.8. The molecule has 6 nitrogen and oxygen atoms in total. The Bertz CT molecular complexity index is 747. The maximum Gasteiger partial charge on any atom is 0.246 e. The van der Waals surface area contributed by atoms with Crippen LogP contribution in [-0.4, -0.2) is 25.2 Å². The minimum atomic E-state index is -3.87. The van der Waals surface area contributed by atoms with Crippen molar-refractivity contribution in [2.24, 2.45) is 0 Å². The first-order chi connectivity index (χ1) is 10.1. The number of nitrogens with one attached hydrogen (secondary N) is 1. The number of aromatic nitrogens is 1. The molecular formula is C14H17FN2O4S. The molecule has 0 aliphatic carbocycles. The minimum absolute atomic E-state index is 0.0394. The highest BCUT2D eigenvalue weighted by Crippen LogP contribution is 2.23. The van der Waals surface area contributed by atoms with Crippen LogP contribution in [-0.2, 0) is 15.6 Å². The van der Waals surface area contributed by atoms with Crippen molar-refractivity contribution in [2.45, 2.75) is 31.3 Å². The Kier molecular flexibility index (Phi) is 4.37. The van der Waals surface area contributed by atoms with Crippen LogP contribution in [0.25, 0.3) is 0 Å². The van der Waals surface area contributed by atoms with Gasteiger partial charge in [0.05, 0.1) is 0 Å². The van der Waals surface area contributed by atoms with Crippen molar-refractivity contribution in [1.29, 1.82) is 0 Å². The Morgan fingerprint density at radius 3 is 2.41 bits per heavy atom. The van der Waals surface area contributed by atoms with Crippen LogP contribution < -0.4 is 4.72 Å². The number of aryl methyl sites for hydroxylation is 2. The molecule has 1 atom stereocenters. The van der Waals surface area contributed by atoms with Crippen LogP contribution in [0.2, 0.25) is 0 Å². The number of hydrogen-bond acceptors (Lipinski definition) is 5. The van der Waals surface area contributed by atoms with E-state index in [0.717, 1.165) is 0 Å². The quantitative estimate of drug-likeness (QED) is 0.870. The molecule has 1 aromatic carbocycles. The molecule has 0 aliphatic rings. The number of hydrogen-bond donors (Lipinski definition) is 2. The van der Waals surface area contributed by atoms with Crippen LogP contribution >= 0.6 is 0 Å². The summed E-state index contributed by atoms with van der Waals surface area (Å²) in [7, 11) is -3.87. The van der Waals surface area contributed by atoms with Gasteiger partial charge in [0.25, 0.3) is 0 Å². The summed E-state index contributed by atoms with van der Waals surface area (Å²) < 4.78 is 44.6. The van der Waals surface area contributed by atoms with E-state index in [1.807, 2.05) is 0 Å². The van der Waals surface area contributed by atoms with Gasteiger partial charge in [0.15, 0.2) is 5.76 Å². The molecule has 0 fully saturated rings. The zero-order chi connectivity index (χ0) is 16.5. The van der Waals surface area contributed by atoms with E-state index in [1.54, 1.807) is 0 Å². The van der Waals surface area contributed by atoms with Gasteiger partial charge in [-0.25, -0.2) is 17.5 Å². The Labute approximate surface area is 128 Å². The molecule has 1 aromatic heterocycles.